The highest BCUT2D eigenvalue weighted by Gasteiger charge is 2.02. The van der Waals surface area contributed by atoms with E-state index in [9.17, 15) is 0 Å². The van der Waals surface area contributed by atoms with Crippen LogP contribution in [0.2, 0.25) is 5.02 Å². The maximum atomic E-state index is 6.15. The molecular formula is C18H21ClN2S. The molecule has 2 aromatic rings. The fourth-order valence-electron chi connectivity index (χ4n) is 2.22. The van der Waals surface area contributed by atoms with Gasteiger partial charge in [0, 0.05) is 17.3 Å². The molecule has 0 aliphatic carbocycles. The van der Waals surface area contributed by atoms with Crippen LogP contribution in [0.3, 0.4) is 0 Å². The van der Waals surface area contributed by atoms with Crippen molar-refractivity contribution in [3.8, 4) is 0 Å². The Labute approximate surface area is 142 Å². The minimum atomic E-state index is 0.660. The molecule has 0 aromatic heterocycles. The minimum absolute atomic E-state index is 0.660. The molecule has 0 radical (unpaired) electrons. The van der Waals surface area contributed by atoms with E-state index >= 15 is 0 Å². The molecule has 2 N–H and O–H groups in total. The third-order valence-corrected chi connectivity index (χ3v) is 4.12. The third kappa shape index (κ3) is 5.00. The molecule has 0 spiro atoms. The van der Waals surface area contributed by atoms with Gasteiger partial charge in [-0.2, -0.15) is 0 Å². The number of rotatable bonds is 5. The molecule has 2 rings (SSSR count). The van der Waals surface area contributed by atoms with Gasteiger partial charge in [-0.05, 0) is 67.7 Å². The van der Waals surface area contributed by atoms with Crippen molar-refractivity contribution in [3.05, 3.63) is 64.2 Å². The van der Waals surface area contributed by atoms with Crippen molar-refractivity contribution in [2.45, 2.75) is 26.7 Å². The van der Waals surface area contributed by atoms with Gasteiger partial charge in [0.05, 0.1) is 0 Å². The highest BCUT2D eigenvalue weighted by atomic mass is 35.5. The molecule has 0 atom stereocenters. The van der Waals surface area contributed by atoms with Gasteiger partial charge < -0.3 is 10.6 Å². The van der Waals surface area contributed by atoms with Crippen LogP contribution in [0.25, 0.3) is 0 Å². The first-order valence-corrected chi connectivity index (χ1v) is 8.20. The maximum Gasteiger partial charge on any atom is 0.170 e. The monoisotopic (exact) mass is 332 g/mol. The molecule has 0 saturated heterocycles. The summed E-state index contributed by atoms with van der Waals surface area (Å²) in [5, 5.41) is 7.99. The molecule has 2 nitrogen and oxygen atoms in total. The van der Waals surface area contributed by atoms with Gasteiger partial charge in [0.2, 0.25) is 0 Å². The van der Waals surface area contributed by atoms with E-state index in [-0.39, 0.29) is 0 Å². The summed E-state index contributed by atoms with van der Waals surface area (Å²) < 4.78 is 0. The first kappa shape index (κ1) is 16.8. The van der Waals surface area contributed by atoms with E-state index in [0.717, 1.165) is 30.1 Å². The molecule has 0 fully saturated rings. The SMILES string of the molecule is Cc1ccc(C)c(NC(=S)NCCCc2ccccc2Cl)c1. The smallest absolute Gasteiger partial charge is 0.170 e. The van der Waals surface area contributed by atoms with Gasteiger partial charge in [0.25, 0.3) is 0 Å². The van der Waals surface area contributed by atoms with Gasteiger partial charge in [-0.15, -0.1) is 0 Å². The predicted molar refractivity (Wildman–Crippen MR) is 99.9 cm³/mol. The Kier molecular flexibility index (Phi) is 6.22. The average Bonchev–Trinajstić information content (AvgIpc) is 2.49. The van der Waals surface area contributed by atoms with Crippen LogP contribution in [0.4, 0.5) is 5.69 Å². The van der Waals surface area contributed by atoms with Crippen molar-refractivity contribution < 1.29 is 0 Å². The molecule has 2 aromatic carbocycles. The quantitative estimate of drug-likeness (QED) is 0.603. The number of thiocarbonyl (C=S) groups is 1. The number of benzene rings is 2. The Bertz CT molecular complexity index is 655. The molecule has 0 heterocycles. The van der Waals surface area contributed by atoms with Gasteiger partial charge in [0.1, 0.15) is 0 Å². The summed E-state index contributed by atoms with van der Waals surface area (Å²) in [6.45, 7) is 4.97. The predicted octanol–water partition coefficient (Wildman–Crippen LogP) is 4.88. The van der Waals surface area contributed by atoms with Crippen LogP contribution in [0, 0.1) is 13.8 Å². The van der Waals surface area contributed by atoms with E-state index in [1.54, 1.807) is 0 Å². The lowest BCUT2D eigenvalue weighted by Gasteiger charge is -2.13. The Morgan fingerprint density at radius 2 is 1.91 bits per heavy atom. The van der Waals surface area contributed by atoms with Crippen LogP contribution in [0.5, 0.6) is 0 Å². The van der Waals surface area contributed by atoms with Gasteiger partial charge >= 0.3 is 0 Å². The lowest BCUT2D eigenvalue weighted by molar-refractivity contribution is 0.777. The summed E-state index contributed by atoms with van der Waals surface area (Å²) in [6, 6.07) is 14.3. The highest BCUT2D eigenvalue weighted by molar-refractivity contribution is 7.80. The number of hydrogen-bond donors (Lipinski definition) is 2. The number of anilines is 1. The topological polar surface area (TPSA) is 24.1 Å². The van der Waals surface area contributed by atoms with E-state index in [2.05, 4.69) is 48.7 Å². The zero-order valence-electron chi connectivity index (χ0n) is 12.9. The van der Waals surface area contributed by atoms with Crippen LogP contribution in [0.1, 0.15) is 23.1 Å². The highest BCUT2D eigenvalue weighted by Crippen LogP contribution is 2.17. The molecule has 0 unspecified atom stereocenters. The second-order valence-electron chi connectivity index (χ2n) is 5.39. The van der Waals surface area contributed by atoms with E-state index < -0.39 is 0 Å². The molecule has 0 amide bonds. The van der Waals surface area contributed by atoms with Gasteiger partial charge in [-0.1, -0.05) is 41.9 Å². The summed E-state index contributed by atoms with van der Waals surface area (Å²) in [5.74, 6) is 0. The Morgan fingerprint density at radius 3 is 2.68 bits per heavy atom. The Hall–Kier alpha value is -1.58. The number of nitrogens with one attached hydrogen (secondary N) is 2. The van der Waals surface area contributed by atoms with E-state index in [0.29, 0.717) is 5.11 Å². The Morgan fingerprint density at radius 1 is 1.14 bits per heavy atom. The van der Waals surface area contributed by atoms with Crippen molar-refractivity contribution in [2.24, 2.45) is 0 Å². The van der Waals surface area contributed by atoms with Crippen LogP contribution < -0.4 is 10.6 Å². The van der Waals surface area contributed by atoms with Crippen molar-refractivity contribution in [2.75, 3.05) is 11.9 Å². The number of halogens is 1. The van der Waals surface area contributed by atoms with Crippen LogP contribution in [0.15, 0.2) is 42.5 Å². The second-order valence-corrected chi connectivity index (χ2v) is 6.21. The van der Waals surface area contributed by atoms with Gasteiger partial charge in [-0.3, -0.25) is 0 Å². The maximum absolute atomic E-state index is 6.15. The fourth-order valence-corrected chi connectivity index (χ4v) is 2.66. The molecule has 116 valence electrons. The van der Waals surface area contributed by atoms with Gasteiger partial charge in [0.15, 0.2) is 5.11 Å². The molecule has 0 aliphatic heterocycles. The largest absolute Gasteiger partial charge is 0.362 e. The van der Waals surface area contributed by atoms with Crippen LogP contribution >= 0.6 is 23.8 Å². The summed E-state index contributed by atoms with van der Waals surface area (Å²) in [4.78, 5) is 0. The summed E-state index contributed by atoms with van der Waals surface area (Å²) in [6.07, 6.45) is 1.93. The number of aryl methyl sites for hydroxylation is 3. The standard InChI is InChI=1S/C18H21ClN2S/c1-13-9-10-14(2)17(12-13)21-18(22)20-11-5-7-15-6-3-4-8-16(15)19/h3-4,6,8-10,12H,5,7,11H2,1-2H3,(H2,20,21,22). The van der Waals surface area contributed by atoms with Crippen molar-refractivity contribution >= 4 is 34.6 Å². The Balaban J connectivity index is 1.76. The number of hydrogen-bond acceptors (Lipinski definition) is 1. The fraction of sp³-hybridized carbons (Fsp3) is 0.278. The first-order chi connectivity index (χ1) is 10.6. The average molecular weight is 333 g/mol. The summed E-state index contributed by atoms with van der Waals surface area (Å²) >= 11 is 11.5. The van der Waals surface area contributed by atoms with E-state index in [1.807, 2.05) is 18.2 Å². The molecule has 0 bridgehead atoms. The lowest BCUT2D eigenvalue weighted by atomic mass is 10.1. The third-order valence-electron chi connectivity index (χ3n) is 3.51. The normalized spacial score (nSPS) is 10.3. The summed E-state index contributed by atoms with van der Waals surface area (Å²) in [7, 11) is 0. The van der Waals surface area contributed by atoms with Crippen molar-refractivity contribution in [1.29, 1.82) is 0 Å². The van der Waals surface area contributed by atoms with Crippen molar-refractivity contribution in [1.82, 2.24) is 5.32 Å². The van der Waals surface area contributed by atoms with Crippen molar-refractivity contribution in [3.63, 3.8) is 0 Å². The van der Waals surface area contributed by atoms with E-state index in [1.165, 1.54) is 16.7 Å². The lowest BCUT2D eigenvalue weighted by Crippen LogP contribution is -2.29. The zero-order chi connectivity index (χ0) is 15.9. The van der Waals surface area contributed by atoms with E-state index in [4.69, 9.17) is 23.8 Å². The van der Waals surface area contributed by atoms with Crippen LogP contribution in [-0.4, -0.2) is 11.7 Å². The molecular weight excluding hydrogens is 312 g/mol. The minimum Gasteiger partial charge on any atom is -0.362 e. The zero-order valence-corrected chi connectivity index (χ0v) is 14.5. The summed E-state index contributed by atoms with van der Waals surface area (Å²) in [5.41, 5.74) is 4.64. The molecule has 22 heavy (non-hydrogen) atoms. The van der Waals surface area contributed by atoms with Gasteiger partial charge in [-0.25, -0.2) is 0 Å². The van der Waals surface area contributed by atoms with Crippen LogP contribution in [-0.2, 0) is 6.42 Å². The molecule has 0 aliphatic rings. The molecule has 4 heteroatoms. The molecule has 0 saturated carbocycles. The first-order valence-electron chi connectivity index (χ1n) is 7.42. The second kappa shape index (κ2) is 8.16.